The molecule has 0 aliphatic heterocycles. The Morgan fingerprint density at radius 3 is 2.92 bits per heavy atom. The van der Waals surface area contributed by atoms with Crippen LogP contribution in [0.15, 0.2) is 23.3 Å². The van der Waals surface area contributed by atoms with Crippen molar-refractivity contribution in [1.29, 1.82) is 0 Å². The first kappa shape index (κ1) is 9.43. The molecule has 0 spiro atoms. The van der Waals surface area contributed by atoms with E-state index in [9.17, 15) is 0 Å². The van der Waals surface area contributed by atoms with Crippen molar-refractivity contribution in [3.8, 4) is 0 Å². The number of hydroxylamine groups is 1. The van der Waals surface area contributed by atoms with Crippen LogP contribution in [0.3, 0.4) is 0 Å². The summed E-state index contributed by atoms with van der Waals surface area (Å²) in [7, 11) is 0. The van der Waals surface area contributed by atoms with Crippen molar-refractivity contribution in [2.75, 3.05) is 5.48 Å². The van der Waals surface area contributed by atoms with Gasteiger partial charge in [-0.05, 0) is 19.1 Å². The fraction of sp³-hybridized carbons (Fsp3) is 0.143. The molecule has 0 fully saturated rings. The highest BCUT2D eigenvalue weighted by Gasteiger charge is 1.99. The molecule has 0 unspecified atom stereocenters. The van der Waals surface area contributed by atoms with Gasteiger partial charge in [-0.25, -0.2) is 9.98 Å². The molecule has 0 saturated carbocycles. The van der Waals surface area contributed by atoms with Crippen LogP contribution in [0.4, 0.5) is 11.5 Å². The number of aromatic nitrogens is 1. The summed E-state index contributed by atoms with van der Waals surface area (Å²) >= 11 is 0. The zero-order valence-electron chi connectivity index (χ0n) is 7.02. The lowest BCUT2D eigenvalue weighted by Crippen LogP contribution is -2.14. The third-order valence-electron chi connectivity index (χ3n) is 1.34. The van der Waals surface area contributed by atoms with E-state index in [-0.39, 0.29) is 5.82 Å². The van der Waals surface area contributed by atoms with E-state index in [1.165, 1.54) is 6.20 Å². The average Bonchev–Trinajstić information content (AvgIpc) is 2.18. The second-order valence-electron chi connectivity index (χ2n) is 2.29. The first-order chi connectivity index (χ1) is 6.27. The molecule has 1 aromatic heterocycles. The number of aliphatic imine (C=N–C) groups is 1. The molecule has 0 bridgehead atoms. The van der Waals surface area contributed by atoms with Crippen LogP contribution >= 0.6 is 0 Å². The Kier molecular flexibility index (Phi) is 3.18. The van der Waals surface area contributed by atoms with Crippen LogP contribution in [0.5, 0.6) is 0 Å². The molecule has 1 aromatic rings. The van der Waals surface area contributed by atoms with Crippen LogP contribution in [0, 0.1) is 0 Å². The van der Waals surface area contributed by atoms with Gasteiger partial charge >= 0.3 is 0 Å². The predicted octanol–water partition coefficient (Wildman–Crippen LogP) is 0.911. The average molecular weight is 182 g/mol. The van der Waals surface area contributed by atoms with E-state index < -0.39 is 0 Å². The second-order valence-corrected chi connectivity index (χ2v) is 2.29. The summed E-state index contributed by atoms with van der Waals surface area (Å²) in [6, 6.07) is 3.32. The summed E-state index contributed by atoms with van der Waals surface area (Å²) in [4.78, 5) is 7.73. The number of rotatable bonds is 2. The summed E-state index contributed by atoms with van der Waals surface area (Å²) in [6.07, 6.45) is 1.51. The van der Waals surface area contributed by atoms with Gasteiger partial charge in [0, 0.05) is 6.20 Å². The number of amidine groups is 1. The minimum absolute atomic E-state index is 0.233. The number of nitrogens with zero attached hydrogens (tertiary/aromatic N) is 2. The summed E-state index contributed by atoms with van der Waals surface area (Å²) in [5, 5.41) is 17.1. The lowest BCUT2D eigenvalue weighted by Gasteiger charge is -2.02. The van der Waals surface area contributed by atoms with Gasteiger partial charge in [0.05, 0.1) is 0 Å². The van der Waals surface area contributed by atoms with E-state index in [1.807, 2.05) is 11.0 Å². The quantitative estimate of drug-likeness (QED) is 0.310. The molecule has 0 amide bonds. The van der Waals surface area contributed by atoms with Gasteiger partial charge in [0.1, 0.15) is 11.5 Å². The fourth-order valence-electron chi connectivity index (χ4n) is 0.779. The molecule has 6 heteroatoms. The molecule has 0 aliphatic carbocycles. The minimum Gasteiger partial charge on any atom is -0.290 e. The molecule has 0 radical (unpaired) electrons. The third kappa shape index (κ3) is 2.39. The first-order valence-electron chi connectivity index (χ1n) is 3.58. The van der Waals surface area contributed by atoms with Crippen molar-refractivity contribution in [3.05, 3.63) is 18.3 Å². The fourth-order valence-corrected chi connectivity index (χ4v) is 0.779. The number of anilines is 1. The van der Waals surface area contributed by atoms with E-state index >= 15 is 0 Å². The van der Waals surface area contributed by atoms with E-state index in [4.69, 9.17) is 10.4 Å². The Labute approximate surface area is 74.9 Å². The van der Waals surface area contributed by atoms with Crippen LogP contribution in [0.1, 0.15) is 6.92 Å². The maximum atomic E-state index is 8.64. The van der Waals surface area contributed by atoms with Gasteiger partial charge in [-0.3, -0.25) is 21.4 Å². The standard InChI is InChI=1S/C7H10N4O2/c1-5(10-12)9-6-3-2-4-8-7(6)11-13/h2-4,12-13H,1H3,(H,8,11)(H,9,10). The van der Waals surface area contributed by atoms with Crippen LogP contribution in [0.2, 0.25) is 0 Å². The van der Waals surface area contributed by atoms with Gasteiger partial charge in [-0.2, -0.15) is 0 Å². The molecule has 6 nitrogen and oxygen atoms in total. The molecule has 0 aromatic carbocycles. The van der Waals surface area contributed by atoms with Gasteiger partial charge in [0.25, 0.3) is 0 Å². The Hall–Kier alpha value is -1.66. The lowest BCUT2D eigenvalue weighted by atomic mass is 10.4. The molecule has 70 valence electrons. The minimum atomic E-state index is 0.233. The highest BCUT2D eigenvalue weighted by molar-refractivity contribution is 5.83. The van der Waals surface area contributed by atoms with E-state index in [1.54, 1.807) is 19.1 Å². The van der Waals surface area contributed by atoms with Gasteiger partial charge in [-0.15, -0.1) is 0 Å². The highest BCUT2D eigenvalue weighted by atomic mass is 16.5. The van der Waals surface area contributed by atoms with E-state index in [2.05, 4.69) is 9.98 Å². The zero-order valence-corrected chi connectivity index (χ0v) is 7.02. The number of hydrogen-bond acceptors (Lipinski definition) is 5. The molecule has 1 rings (SSSR count). The number of nitrogens with one attached hydrogen (secondary N) is 2. The van der Waals surface area contributed by atoms with Crippen molar-refractivity contribution < 1.29 is 10.4 Å². The van der Waals surface area contributed by atoms with Crippen LogP contribution < -0.4 is 11.0 Å². The summed E-state index contributed by atoms with van der Waals surface area (Å²) in [5.74, 6) is 0.543. The monoisotopic (exact) mass is 182 g/mol. The Morgan fingerprint density at radius 2 is 2.31 bits per heavy atom. The molecular formula is C7H10N4O2. The van der Waals surface area contributed by atoms with Gasteiger partial charge < -0.3 is 0 Å². The Morgan fingerprint density at radius 1 is 1.54 bits per heavy atom. The van der Waals surface area contributed by atoms with Crippen LogP contribution in [-0.4, -0.2) is 21.2 Å². The van der Waals surface area contributed by atoms with Crippen molar-refractivity contribution in [1.82, 2.24) is 10.5 Å². The van der Waals surface area contributed by atoms with Gasteiger partial charge in [-0.1, -0.05) is 0 Å². The summed E-state index contributed by atoms with van der Waals surface area (Å²) < 4.78 is 0. The predicted molar refractivity (Wildman–Crippen MR) is 47.3 cm³/mol. The van der Waals surface area contributed by atoms with Crippen LogP contribution in [-0.2, 0) is 0 Å². The van der Waals surface area contributed by atoms with E-state index in [0.717, 1.165) is 0 Å². The summed E-state index contributed by atoms with van der Waals surface area (Å²) in [5.41, 5.74) is 4.21. The number of pyridine rings is 1. The smallest absolute Gasteiger partial charge is 0.175 e. The van der Waals surface area contributed by atoms with Crippen molar-refractivity contribution in [2.24, 2.45) is 4.99 Å². The second kappa shape index (κ2) is 4.39. The van der Waals surface area contributed by atoms with Crippen molar-refractivity contribution in [3.63, 3.8) is 0 Å². The maximum Gasteiger partial charge on any atom is 0.175 e. The molecule has 0 aliphatic rings. The molecule has 0 saturated heterocycles. The normalized spacial score (nSPS) is 11.2. The van der Waals surface area contributed by atoms with Gasteiger partial charge in [0.2, 0.25) is 0 Å². The molecule has 13 heavy (non-hydrogen) atoms. The SMILES string of the molecule is CC(=Nc1cccnc1NO)NO. The van der Waals surface area contributed by atoms with Crippen molar-refractivity contribution >= 4 is 17.3 Å². The van der Waals surface area contributed by atoms with Gasteiger partial charge in [0.15, 0.2) is 5.82 Å². The number of hydrogen-bond donors (Lipinski definition) is 4. The maximum absolute atomic E-state index is 8.64. The van der Waals surface area contributed by atoms with Crippen molar-refractivity contribution in [2.45, 2.75) is 6.92 Å². The first-order valence-corrected chi connectivity index (χ1v) is 3.58. The lowest BCUT2D eigenvalue weighted by molar-refractivity contribution is 0.234. The van der Waals surface area contributed by atoms with E-state index in [0.29, 0.717) is 11.5 Å². The molecular weight excluding hydrogens is 172 g/mol. The molecule has 0 atom stereocenters. The molecule has 4 N–H and O–H groups in total. The Bertz CT molecular complexity index is 313. The highest BCUT2D eigenvalue weighted by Crippen LogP contribution is 2.20. The topological polar surface area (TPSA) is 89.8 Å². The third-order valence-corrected chi connectivity index (χ3v) is 1.34. The zero-order chi connectivity index (χ0) is 9.68. The Balaban J connectivity index is 2.99. The molecule has 1 heterocycles. The summed E-state index contributed by atoms with van der Waals surface area (Å²) in [6.45, 7) is 1.58. The van der Waals surface area contributed by atoms with Crippen LogP contribution in [0.25, 0.3) is 0 Å². The largest absolute Gasteiger partial charge is 0.290 e.